The summed E-state index contributed by atoms with van der Waals surface area (Å²) in [5.41, 5.74) is 3.63. The minimum Gasteiger partial charge on any atom is -0.341 e. The Morgan fingerprint density at radius 1 is 1.22 bits per heavy atom. The third-order valence-electron chi connectivity index (χ3n) is 4.41. The van der Waals surface area contributed by atoms with Crippen molar-refractivity contribution in [3.8, 4) is 0 Å². The van der Waals surface area contributed by atoms with Gasteiger partial charge in [0.1, 0.15) is 0 Å². The van der Waals surface area contributed by atoms with Crippen LogP contribution in [0.25, 0.3) is 0 Å². The number of hydrogen-bond acceptors (Lipinski definition) is 2. The highest BCUT2D eigenvalue weighted by Crippen LogP contribution is 2.27. The summed E-state index contributed by atoms with van der Waals surface area (Å²) in [6.07, 6.45) is 5.13. The molecule has 0 radical (unpaired) electrons. The molecule has 1 aliphatic carbocycles. The summed E-state index contributed by atoms with van der Waals surface area (Å²) < 4.78 is 0. The lowest BCUT2D eigenvalue weighted by atomic mass is 10.1. The number of nitrogens with one attached hydrogen (secondary N) is 1. The first kappa shape index (κ1) is 16.5. The Bertz CT molecular complexity index is 638. The molecule has 2 nitrogen and oxygen atoms in total. The zero-order valence-corrected chi connectivity index (χ0v) is 15.5. The van der Waals surface area contributed by atoms with Crippen molar-refractivity contribution in [2.75, 3.05) is 5.32 Å². The van der Waals surface area contributed by atoms with Gasteiger partial charge in [0.2, 0.25) is 0 Å². The van der Waals surface area contributed by atoms with E-state index in [0.717, 1.165) is 17.3 Å². The van der Waals surface area contributed by atoms with Gasteiger partial charge in [0, 0.05) is 16.6 Å². The van der Waals surface area contributed by atoms with Gasteiger partial charge in [-0.15, -0.1) is 11.3 Å². The molecule has 4 heteroatoms. The van der Waals surface area contributed by atoms with Crippen molar-refractivity contribution >= 4 is 34.4 Å². The number of nitrogens with zero attached hydrogens (tertiary/aromatic N) is 1. The predicted octanol–water partition coefficient (Wildman–Crippen LogP) is 5.51. The van der Waals surface area contributed by atoms with Gasteiger partial charge in [0.05, 0.1) is 6.54 Å². The second-order valence-electron chi connectivity index (χ2n) is 6.45. The molecule has 1 aliphatic rings. The molecule has 0 amide bonds. The van der Waals surface area contributed by atoms with E-state index in [4.69, 9.17) is 12.2 Å². The normalized spacial score (nSPS) is 14.9. The second kappa shape index (κ2) is 7.45. The van der Waals surface area contributed by atoms with E-state index in [9.17, 15) is 0 Å². The molecule has 0 bridgehead atoms. The lowest BCUT2D eigenvalue weighted by Gasteiger charge is -2.31. The standard InChI is InChI=1S/C19H24N2S2/c1-14-10-15(2)12-16(11-14)20-19(22)21(17-6-3-4-7-17)13-18-8-5-9-23-18/h5,8-12,17H,3-4,6-7,13H2,1-2H3,(H,20,22). The molecule has 3 rings (SSSR count). The molecule has 1 N–H and O–H groups in total. The smallest absolute Gasteiger partial charge is 0.174 e. The molecule has 1 fully saturated rings. The molecule has 0 atom stereocenters. The van der Waals surface area contributed by atoms with Gasteiger partial charge < -0.3 is 10.2 Å². The predicted molar refractivity (Wildman–Crippen MR) is 104 cm³/mol. The van der Waals surface area contributed by atoms with E-state index in [-0.39, 0.29) is 0 Å². The first-order valence-electron chi connectivity index (χ1n) is 8.30. The van der Waals surface area contributed by atoms with Crippen LogP contribution in [0.15, 0.2) is 35.7 Å². The fraction of sp³-hybridized carbons (Fsp3) is 0.421. The van der Waals surface area contributed by atoms with Crippen molar-refractivity contribution < 1.29 is 0 Å². The Labute approximate surface area is 148 Å². The number of aryl methyl sites for hydroxylation is 2. The molecule has 1 aromatic carbocycles. The Morgan fingerprint density at radius 2 is 1.91 bits per heavy atom. The van der Waals surface area contributed by atoms with Crippen LogP contribution in [-0.2, 0) is 6.54 Å². The SMILES string of the molecule is Cc1cc(C)cc(NC(=S)N(Cc2cccs2)C2CCCC2)c1. The van der Waals surface area contributed by atoms with Crippen molar-refractivity contribution in [2.24, 2.45) is 0 Å². The van der Waals surface area contributed by atoms with Gasteiger partial charge >= 0.3 is 0 Å². The maximum atomic E-state index is 5.77. The quantitative estimate of drug-likeness (QED) is 0.737. The van der Waals surface area contributed by atoms with E-state index < -0.39 is 0 Å². The van der Waals surface area contributed by atoms with Crippen LogP contribution >= 0.6 is 23.6 Å². The van der Waals surface area contributed by atoms with Gasteiger partial charge in [-0.05, 0) is 73.6 Å². The second-order valence-corrected chi connectivity index (χ2v) is 7.87. The maximum absolute atomic E-state index is 5.77. The first-order valence-corrected chi connectivity index (χ1v) is 9.59. The third kappa shape index (κ3) is 4.33. The molecular weight excluding hydrogens is 320 g/mol. The summed E-state index contributed by atoms with van der Waals surface area (Å²) in [5, 5.41) is 6.47. The fourth-order valence-electron chi connectivity index (χ4n) is 3.40. The molecule has 1 aromatic heterocycles. The Kier molecular flexibility index (Phi) is 5.34. The van der Waals surface area contributed by atoms with Gasteiger partial charge in [-0.1, -0.05) is 25.0 Å². The zero-order chi connectivity index (χ0) is 16.2. The number of hydrogen-bond donors (Lipinski definition) is 1. The molecule has 2 aromatic rings. The summed E-state index contributed by atoms with van der Waals surface area (Å²) in [6, 6.07) is 11.4. The molecule has 0 spiro atoms. The third-order valence-corrected chi connectivity index (χ3v) is 5.60. The van der Waals surface area contributed by atoms with Crippen LogP contribution in [0, 0.1) is 13.8 Å². The van der Waals surface area contributed by atoms with Gasteiger partial charge in [-0.3, -0.25) is 0 Å². The number of benzene rings is 1. The highest BCUT2D eigenvalue weighted by molar-refractivity contribution is 7.80. The van der Waals surface area contributed by atoms with Crippen LogP contribution < -0.4 is 5.32 Å². The van der Waals surface area contributed by atoms with Crippen molar-refractivity contribution in [2.45, 2.75) is 52.1 Å². The van der Waals surface area contributed by atoms with Crippen LogP contribution in [-0.4, -0.2) is 16.1 Å². The van der Waals surface area contributed by atoms with Gasteiger partial charge in [-0.25, -0.2) is 0 Å². The topological polar surface area (TPSA) is 15.3 Å². The molecule has 122 valence electrons. The number of rotatable bonds is 4. The lowest BCUT2D eigenvalue weighted by molar-refractivity contribution is 0.314. The summed E-state index contributed by atoms with van der Waals surface area (Å²) >= 11 is 7.58. The molecule has 0 aliphatic heterocycles. The van der Waals surface area contributed by atoms with E-state index in [1.54, 1.807) is 0 Å². The lowest BCUT2D eigenvalue weighted by Crippen LogP contribution is -2.40. The highest BCUT2D eigenvalue weighted by atomic mass is 32.1. The largest absolute Gasteiger partial charge is 0.341 e. The van der Waals surface area contributed by atoms with Crippen LogP contribution in [0.2, 0.25) is 0 Å². The molecule has 1 saturated carbocycles. The number of thiocarbonyl (C=S) groups is 1. The Hall–Kier alpha value is -1.39. The molecule has 0 unspecified atom stereocenters. The average molecular weight is 345 g/mol. The van der Waals surface area contributed by atoms with E-state index in [1.807, 2.05) is 11.3 Å². The molecule has 23 heavy (non-hydrogen) atoms. The molecule has 1 heterocycles. The van der Waals surface area contributed by atoms with Crippen molar-refractivity contribution in [3.63, 3.8) is 0 Å². The minimum absolute atomic E-state index is 0.572. The first-order chi connectivity index (χ1) is 11.1. The monoisotopic (exact) mass is 344 g/mol. The van der Waals surface area contributed by atoms with Gasteiger partial charge in [0.15, 0.2) is 5.11 Å². The Balaban J connectivity index is 1.76. The van der Waals surface area contributed by atoms with E-state index in [1.165, 1.54) is 41.7 Å². The zero-order valence-electron chi connectivity index (χ0n) is 13.8. The van der Waals surface area contributed by atoms with Crippen molar-refractivity contribution in [1.29, 1.82) is 0 Å². The van der Waals surface area contributed by atoms with Crippen LogP contribution in [0.5, 0.6) is 0 Å². The molecule has 0 saturated heterocycles. The Morgan fingerprint density at radius 3 is 2.52 bits per heavy atom. The summed E-state index contributed by atoms with van der Waals surface area (Å²) in [4.78, 5) is 3.77. The van der Waals surface area contributed by atoms with E-state index >= 15 is 0 Å². The maximum Gasteiger partial charge on any atom is 0.174 e. The number of anilines is 1. The van der Waals surface area contributed by atoms with Crippen molar-refractivity contribution in [1.82, 2.24) is 4.90 Å². The molecular formula is C19H24N2S2. The average Bonchev–Trinajstić information content (AvgIpc) is 3.17. The van der Waals surface area contributed by atoms with Crippen LogP contribution in [0.3, 0.4) is 0 Å². The van der Waals surface area contributed by atoms with E-state index in [2.05, 4.69) is 59.8 Å². The van der Waals surface area contributed by atoms with E-state index in [0.29, 0.717) is 6.04 Å². The minimum atomic E-state index is 0.572. The summed E-state index contributed by atoms with van der Waals surface area (Å²) in [5.74, 6) is 0. The van der Waals surface area contributed by atoms with Gasteiger partial charge in [0.25, 0.3) is 0 Å². The summed E-state index contributed by atoms with van der Waals surface area (Å²) in [6.45, 7) is 5.17. The van der Waals surface area contributed by atoms with Crippen LogP contribution in [0.4, 0.5) is 5.69 Å². The summed E-state index contributed by atoms with van der Waals surface area (Å²) in [7, 11) is 0. The van der Waals surface area contributed by atoms with Gasteiger partial charge in [-0.2, -0.15) is 0 Å². The number of thiophene rings is 1. The van der Waals surface area contributed by atoms with Crippen molar-refractivity contribution in [3.05, 3.63) is 51.7 Å². The fourth-order valence-corrected chi connectivity index (χ4v) is 4.43. The highest BCUT2D eigenvalue weighted by Gasteiger charge is 2.25. The van der Waals surface area contributed by atoms with Crippen LogP contribution in [0.1, 0.15) is 41.7 Å².